The molecule has 1 saturated heterocycles. The molecule has 178 valence electrons. The average molecular weight is 461 g/mol. The van der Waals surface area contributed by atoms with Crippen molar-refractivity contribution in [2.24, 2.45) is 0 Å². The number of carbonyl (C=O) groups excluding carboxylic acids is 1. The minimum absolute atomic E-state index is 0.00625. The number of nitrogens with zero attached hydrogens (tertiary/aromatic N) is 3. The van der Waals surface area contributed by atoms with Crippen LogP contribution in [0.5, 0.6) is 0 Å². The highest BCUT2D eigenvalue weighted by molar-refractivity contribution is 6.09. The summed E-state index contributed by atoms with van der Waals surface area (Å²) >= 11 is 0. The zero-order chi connectivity index (χ0) is 23.9. The van der Waals surface area contributed by atoms with Gasteiger partial charge in [-0.1, -0.05) is 60.6 Å². The summed E-state index contributed by atoms with van der Waals surface area (Å²) in [5.41, 5.74) is 3.02. The van der Waals surface area contributed by atoms with E-state index in [0.29, 0.717) is 23.6 Å². The highest BCUT2D eigenvalue weighted by Gasteiger charge is 2.17. The van der Waals surface area contributed by atoms with Crippen molar-refractivity contribution in [3.8, 4) is 0 Å². The molecule has 1 fully saturated rings. The molecule has 0 bridgehead atoms. The normalized spacial score (nSPS) is 15.6. The lowest BCUT2D eigenvalue weighted by molar-refractivity contribution is 0.103. The third kappa shape index (κ3) is 6.09. The number of guanidine groups is 1. The van der Waals surface area contributed by atoms with Gasteiger partial charge in [0.15, 0.2) is 11.7 Å². The van der Waals surface area contributed by atoms with Gasteiger partial charge in [0.1, 0.15) is 0 Å². The number of piperazine rings is 1. The molecule has 8 heteroatoms. The summed E-state index contributed by atoms with van der Waals surface area (Å²) in [5.74, 6) is 0.519. The van der Waals surface area contributed by atoms with Gasteiger partial charge in [0.05, 0.1) is 5.69 Å². The van der Waals surface area contributed by atoms with Crippen LogP contribution in [0.2, 0.25) is 0 Å². The predicted octanol–water partition coefficient (Wildman–Crippen LogP) is 3.24. The molecule has 2 aromatic carbocycles. The quantitative estimate of drug-likeness (QED) is 0.270. The molecule has 3 N–H and O–H groups in total. The van der Waals surface area contributed by atoms with Crippen LogP contribution in [0.4, 0.5) is 5.88 Å². The summed E-state index contributed by atoms with van der Waals surface area (Å²) in [6, 6.07) is 18.7. The number of nitrogens with one attached hydrogen (secondary N) is 3. The highest BCUT2D eigenvalue weighted by atomic mass is 16.5. The molecular formula is C26H32N6O2. The lowest BCUT2D eigenvalue weighted by atomic mass is 9.94. The Morgan fingerprint density at radius 3 is 2.56 bits per heavy atom. The van der Waals surface area contributed by atoms with Crippen LogP contribution in [-0.2, 0) is 0 Å². The van der Waals surface area contributed by atoms with Crippen LogP contribution in [0.3, 0.4) is 0 Å². The van der Waals surface area contributed by atoms with Crippen LogP contribution < -0.4 is 10.6 Å². The second-order valence-electron chi connectivity index (χ2n) is 8.73. The monoisotopic (exact) mass is 460 g/mol. The van der Waals surface area contributed by atoms with E-state index in [1.165, 1.54) is 0 Å². The zero-order valence-electron chi connectivity index (χ0n) is 19.8. The molecule has 1 atom stereocenters. The number of carbonyl (C=O) groups is 1. The maximum atomic E-state index is 12.8. The average Bonchev–Trinajstić information content (AvgIpc) is 3.33. The number of aromatic nitrogens is 1. The van der Waals surface area contributed by atoms with Crippen molar-refractivity contribution in [3.63, 3.8) is 0 Å². The zero-order valence-corrected chi connectivity index (χ0v) is 19.8. The van der Waals surface area contributed by atoms with Crippen LogP contribution in [0.25, 0.3) is 0 Å². The van der Waals surface area contributed by atoms with Crippen molar-refractivity contribution in [1.82, 2.24) is 20.3 Å². The number of rotatable bonds is 8. The van der Waals surface area contributed by atoms with E-state index in [1.54, 1.807) is 6.07 Å². The van der Waals surface area contributed by atoms with Crippen LogP contribution in [0.15, 0.2) is 65.2 Å². The molecule has 0 saturated carbocycles. The van der Waals surface area contributed by atoms with Gasteiger partial charge in [-0.25, -0.2) is 0 Å². The van der Waals surface area contributed by atoms with E-state index in [-0.39, 0.29) is 17.7 Å². The fourth-order valence-corrected chi connectivity index (χ4v) is 4.01. The van der Waals surface area contributed by atoms with Gasteiger partial charge >= 0.3 is 0 Å². The molecule has 0 spiro atoms. The van der Waals surface area contributed by atoms with E-state index >= 15 is 0 Å². The van der Waals surface area contributed by atoms with Gasteiger partial charge < -0.3 is 14.7 Å². The minimum atomic E-state index is -0.0674. The molecule has 1 aliphatic heterocycles. The van der Waals surface area contributed by atoms with Gasteiger partial charge in [0.25, 0.3) is 0 Å². The number of likely N-dealkylation sites (N-methyl/N-ethyl adjacent to an activating group) is 1. The Hall–Kier alpha value is -3.49. The number of anilines is 1. The van der Waals surface area contributed by atoms with Crippen LogP contribution in [0.1, 0.15) is 40.0 Å². The summed E-state index contributed by atoms with van der Waals surface area (Å²) < 4.78 is 5.41. The number of ketones is 1. The Morgan fingerprint density at radius 1 is 1.06 bits per heavy atom. The first-order chi connectivity index (χ1) is 16.5. The fourth-order valence-electron chi connectivity index (χ4n) is 4.01. The highest BCUT2D eigenvalue weighted by Crippen LogP contribution is 2.26. The second kappa shape index (κ2) is 11.1. The molecule has 0 radical (unpaired) electrons. The first-order valence-electron chi connectivity index (χ1n) is 11.7. The van der Waals surface area contributed by atoms with Gasteiger partial charge in [-0.2, -0.15) is 0 Å². The van der Waals surface area contributed by atoms with Crippen LogP contribution >= 0.6 is 0 Å². The van der Waals surface area contributed by atoms with E-state index in [9.17, 15) is 4.79 Å². The smallest absolute Gasteiger partial charge is 0.231 e. The lowest BCUT2D eigenvalue weighted by Crippen LogP contribution is -2.47. The van der Waals surface area contributed by atoms with Crippen molar-refractivity contribution in [2.75, 3.05) is 51.6 Å². The standard InChI is InChI=1S/C26H32N6O2/c1-19(21-9-6-10-22(17-21)25(33)20-7-4-3-5-8-20)23-18-24(34-30-23)29-26(27)28-11-12-32-15-13-31(2)14-16-32/h3-10,17-19H,11-16H2,1-2H3,(H3,27,28,29). The van der Waals surface area contributed by atoms with E-state index in [4.69, 9.17) is 9.93 Å². The Morgan fingerprint density at radius 2 is 1.79 bits per heavy atom. The maximum Gasteiger partial charge on any atom is 0.231 e. The molecule has 8 nitrogen and oxygen atoms in total. The van der Waals surface area contributed by atoms with Crippen molar-refractivity contribution >= 4 is 17.6 Å². The molecule has 0 amide bonds. The first-order valence-corrected chi connectivity index (χ1v) is 11.7. The number of hydrogen-bond acceptors (Lipinski definition) is 6. The van der Waals surface area contributed by atoms with E-state index < -0.39 is 0 Å². The van der Waals surface area contributed by atoms with E-state index in [2.05, 4.69) is 32.6 Å². The molecule has 1 aliphatic rings. The number of hydrogen-bond donors (Lipinski definition) is 3. The topological polar surface area (TPSA) is 97.5 Å². The van der Waals surface area contributed by atoms with Crippen molar-refractivity contribution in [1.29, 1.82) is 5.41 Å². The van der Waals surface area contributed by atoms with Gasteiger partial charge in [-0.15, -0.1) is 0 Å². The molecule has 3 aromatic rings. The SMILES string of the molecule is CC(c1cccc(C(=O)c2ccccc2)c1)c1cc(NC(=N)NCCN2CCN(C)CC2)on1. The molecule has 1 unspecified atom stereocenters. The van der Waals surface area contributed by atoms with Gasteiger partial charge in [-0.05, 0) is 18.7 Å². The molecule has 0 aliphatic carbocycles. The van der Waals surface area contributed by atoms with Crippen LogP contribution in [-0.4, -0.2) is 73.0 Å². The summed E-state index contributed by atoms with van der Waals surface area (Å²) in [6.07, 6.45) is 0. The Balaban J connectivity index is 1.31. The third-order valence-electron chi connectivity index (χ3n) is 6.23. The Labute approximate surface area is 200 Å². The largest absolute Gasteiger partial charge is 0.355 e. The van der Waals surface area contributed by atoms with Crippen molar-refractivity contribution in [3.05, 3.63) is 83.0 Å². The second-order valence-corrected chi connectivity index (χ2v) is 8.73. The van der Waals surface area contributed by atoms with Gasteiger partial charge in [-0.3, -0.25) is 20.4 Å². The first kappa shape index (κ1) is 23.7. The molecule has 1 aromatic heterocycles. The maximum absolute atomic E-state index is 12.8. The summed E-state index contributed by atoms with van der Waals surface area (Å²) in [4.78, 5) is 17.5. The fraction of sp³-hybridized carbons (Fsp3) is 0.346. The van der Waals surface area contributed by atoms with E-state index in [1.807, 2.05) is 61.5 Å². The Bertz CT molecular complexity index is 1110. The Kier molecular flexibility index (Phi) is 7.72. The van der Waals surface area contributed by atoms with Gasteiger partial charge in [0.2, 0.25) is 5.88 Å². The number of benzene rings is 2. The summed E-state index contributed by atoms with van der Waals surface area (Å²) in [7, 11) is 2.14. The van der Waals surface area contributed by atoms with Crippen molar-refractivity contribution < 1.29 is 9.32 Å². The predicted molar refractivity (Wildman–Crippen MR) is 134 cm³/mol. The van der Waals surface area contributed by atoms with E-state index in [0.717, 1.165) is 44.0 Å². The van der Waals surface area contributed by atoms with Gasteiger partial charge in [0, 0.05) is 62.4 Å². The minimum Gasteiger partial charge on any atom is -0.355 e. The molecule has 4 rings (SSSR count). The lowest BCUT2D eigenvalue weighted by Gasteiger charge is -2.32. The van der Waals surface area contributed by atoms with Crippen molar-refractivity contribution in [2.45, 2.75) is 12.8 Å². The summed E-state index contributed by atoms with van der Waals surface area (Å²) in [6.45, 7) is 7.88. The molecular weight excluding hydrogens is 428 g/mol. The van der Waals surface area contributed by atoms with Crippen LogP contribution in [0, 0.1) is 5.41 Å². The summed E-state index contributed by atoms with van der Waals surface area (Å²) in [5, 5.41) is 18.3. The third-order valence-corrected chi connectivity index (χ3v) is 6.23. The molecule has 2 heterocycles. The molecule has 34 heavy (non-hydrogen) atoms.